The number of para-hydroxylation sites is 1. The van der Waals surface area contributed by atoms with Crippen molar-refractivity contribution in [3.05, 3.63) is 60.0 Å². The van der Waals surface area contributed by atoms with Gasteiger partial charge in [0.15, 0.2) is 0 Å². The van der Waals surface area contributed by atoms with Gasteiger partial charge in [-0.3, -0.25) is 4.98 Å². The topological polar surface area (TPSA) is 86.8 Å². The highest BCUT2D eigenvalue weighted by Crippen LogP contribution is 2.25. The maximum Gasteiger partial charge on any atom is 0.314 e. The van der Waals surface area contributed by atoms with Gasteiger partial charge in [0.25, 0.3) is 5.89 Å². The van der Waals surface area contributed by atoms with Gasteiger partial charge in [-0.05, 0) is 30.7 Å². The van der Waals surface area contributed by atoms with E-state index in [4.69, 9.17) is 9.15 Å². The van der Waals surface area contributed by atoms with Gasteiger partial charge in [0.05, 0.1) is 22.2 Å². The number of halogens is 2. The Hall–Kier alpha value is -3.49. The van der Waals surface area contributed by atoms with Gasteiger partial charge in [-0.25, -0.2) is 9.97 Å². The molecule has 7 nitrogen and oxygen atoms in total. The second-order valence-corrected chi connectivity index (χ2v) is 5.72. The molecule has 0 aliphatic heterocycles. The van der Waals surface area contributed by atoms with Crippen LogP contribution in [0.4, 0.5) is 8.78 Å². The minimum Gasteiger partial charge on any atom is -0.471 e. The molecule has 0 radical (unpaired) electrons. The quantitative estimate of drug-likeness (QED) is 0.527. The number of nitrogens with zero attached hydrogens (tertiary/aromatic N) is 5. The van der Waals surface area contributed by atoms with Gasteiger partial charge in [-0.1, -0.05) is 12.1 Å². The second-order valence-electron chi connectivity index (χ2n) is 5.72. The molecule has 27 heavy (non-hydrogen) atoms. The molecule has 3 heterocycles. The van der Waals surface area contributed by atoms with Crippen LogP contribution in [0, 0.1) is 6.92 Å². The third-order valence-electron chi connectivity index (χ3n) is 3.89. The van der Waals surface area contributed by atoms with Crippen molar-refractivity contribution in [2.24, 2.45) is 0 Å². The lowest BCUT2D eigenvalue weighted by atomic mass is 10.1. The fraction of sp³-hybridized carbons (Fsp3) is 0.167. The number of ether oxygens (including phenoxy) is 1. The van der Waals surface area contributed by atoms with Crippen molar-refractivity contribution in [1.82, 2.24) is 25.1 Å². The smallest absolute Gasteiger partial charge is 0.314 e. The Kier molecular flexibility index (Phi) is 4.41. The number of hydrogen-bond acceptors (Lipinski definition) is 7. The maximum atomic E-state index is 12.5. The van der Waals surface area contributed by atoms with Crippen molar-refractivity contribution in [3.63, 3.8) is 0 Å². The van der Waals surface area contributed by atoms with Gasteiger partial charge < -0.3 is 9.15 Å². The summed E-state index contributed by atoms with van der Waals surface area (Å²) in [5.41, 5.74) is 2.94. The summed E-state index contributed by atoms with van der Waals surface area (Å²) in [5.74, 6) is -0.265. The molecule has 0 aliphatic rings. The minimum atomic E-state index is -2.81. The van der Waals surface area contributed by atoms with Crippen LogP contribution in [0.3, 0.4) is 0 Å². The van der Waals surface area contributed by atoms with Crippen molar-refractivity contribution >= 4 is 10.9 Å². The monoisotopic (exact) mass is 369 g/mol. The highest BCUT2D eigenvalue weighted by Gasteiger charge is 2.17. The molecule has 0 spiro atoms. The standard InChI is InChI=1S/C18H13F2N5O2/c1-10-3-2-4-13-14(10)22-9-23-17(13)26-8-12-6-5-11(7-21-12)16-24-25-18(27-16)15(19)20/h2-7,9,15H,8H2,1H3. The molecule has 0 aliphatic carbocycles. The highest BCUT2D eigenvalue weighted by atomic mass is 19.3. The van der Waals surface area contributed by atoms with Crippen LogP contribution < -0.4 is 4.74 Å². The van der Waals surface area contributed by atoms with Gasteiger partial charge in [0, 0.05) is 6.20 Å². The van der Waals surface area contributed by atoms with E-state index in [0.29, 0.717) is 17.1 Å². The molecule has 0 amide bonds. The van der Waals surface area contributed by atoms with Gasteiger partial charge in [0.1, 0.15) is 12.9 Å². The molecule has 4 rings (SSSR count). The van der Waals surface area contributed by atoms with E-state index >= 15 is 0 Å². The molecule has 9 heteroatoms. The predicted molar refractivity (Wildman–Crippen MR) is 91.1 cm³/mol. The van der Waals surface area contributed by atoms with E-state index in [2.05, 4.69) is 25.1 Å². The molecule has 4 aromatic rings. The van der Waals surface area contributed by atoms with Crippen molar-refractivity contribution in [2.45, 2.75) is 20.0 Å². The summed E-state index contributed by atoms with van der Waals surface area (Å²) in [7, 11) is 0. The fourth-order valence-corrected chi connectivity index (χ4v) is 2.54. The number of benzene rings is 1. The lowest BCUT2D eigenvalue weighted by Crippen LogP contribution is -2.01. The van der Waals surface area contributed by atoms with Gasteiger partial charge in [-0.2, -0.15) is 8.78 Å². The molecule has 0 bridgehead atoms. The predicted octanol–water partition coefficient (Wildman–Crippen LogP) is 3.90. The first-order valence-corrected chi connectivity index (χ1v) is 8.02. The van der Waals surface area contributed by atoms with Crippen LogP contribution in [-0.2, 0) is 6.61 Å². The molecule has 136 valence electrons. The molecular weight excluding hydrogens is 356 g/mol. The van der Waals surface area contributed by atoms with E-state index in [9.17, 15) is 8.78 Å². The first kappa shape index (κ1) is 17.0. The van der Waals surface area contributed by atoms with Crippen molar-refractivity contribution in [3.8, 4) is 17.3 Å². The average molecular weight is 369 g/mol. The molecule has 0 fully saturated rings. The lowest BCUT2D eigenvalue weighted by Gasteiger charge is -2.08. The van der Waals surface area contributed by atoms with Crippen LogP contribution in [0.1, 0.15) is 23.6 Å². The molecular formula is C18H13F2N5O2. The van der Waals surface area contributed by atoms with E-state index in [-0.39, 0.29) is 12.5 Å². The Labute approximate surface area is 152 Å². The van der Waals surface area contributed by atoms with Crippen molar-refractivity contribution < 1.29 is 17.9 Å². The summed E-state index contributed by atoms with van der Waals surface area (Å²) in [6, 6.07) is 9.12. The Balaban J connectivity index is 1.50. The number of fused-ring (bicyclic) bond motifs is 1. The summed E-state index contributed by atoms with van der Waals surface area (Å²) < 4.78 is 35.7. The molecule has 0 N–H and O–H groups in total. The summed E-state index contributed by atoms with van der Waals surface area (Å²) >= 11 is 0. The van der Waals surface area contributed by atoms with E-state index in [0.717, 1.165) is 16.5 Å². The summed E-state index contributed by atoms with van der Waals surface area (Å²) in [5, 5.41) is 7.70. The van der Waals surface area contributed by atoms with Crippen LogP contribution >= 0.6 is 0 Å². The molecule has 0 saturated heterocycles. The van der Waals surface area contributed by atoms with Crippen molar-refractivity contribution in [1.29, 1.82) is 0 Å². The minimum absolute atomic E-state index is 0.0115. The normalized spacial score (nSPS) is 11.3. The number of aryl methyl sites for hydroxylation is 1. The Bertz CT molecular complexity index is 1080. The van der Waals surface area contributed by atoms with Crippen LogP contribution in [0.25, 0.3) is 22.4 Å². The molecule has 3 aromatic heterocycles. The van der Waals surface area contributed by atoms with Crippen LogP contribution in [-0.4, -0.2) is 25.1 Å². The maximum absolute atomic E-state index is 12.5. The first-order valence-electron chi connectivity index (χ1n) is 8.02. The summed E-state index contributed by atoms with van der Waals surface area (Å²) in [4.78, 5) is 12.7. The second kappa shape index (κ2) is 7.02. The van der Waals surface area contributed by atoms with E-state index in [1.807, 2.05) is 25.1 Å². The Morgan fingerprint density at radius 2 is 1.96 bits per heavy atom. The average Bonchev–Trinajstić information content (AvgIpc) is 3.18. The van der Waals surface area contributed by atoms with Crippen LogP contribution in [0.15, 0.2) is 47.3 Å². The number of alkyl halides is 2. The van der Waals surface area contributed by atoms with Gasteiger partial charge >= 0.3 is 6.43 Å². The Morgan fingerprint density at radius 1 is 1.07 bits per heavy atom. The van der Waals surface area contributed by atoms with Crippen LogP contribution in [0.5, 0.6) is 5.88 Å². The lowest BCUT2D eigenvalue weighted by molar-refractivity contribution is 0.116. The largest absolute Gasteiger partial charge is 0.471 e. The zero-order chi connectivity index (χ0) is 18.8. The number of aromatic nitrogens is 5. The third-order valence-corrected chi connectivity index (χ3v) is 3.89. The Morgan fingerprint density at radius 3 is 2.70 bits per heavy atom. The van der Waals surface area contributed by atoms with Crippen LogP contribution in [0.2, 0.25) is 0 Å². The zero-order valence-corrected chi connectivity index (χ0v) is 14.1. The molecule has 1 aromatic carbocycles. The first-order chi connectivity index (χ1) is 13.1. The number of hydrogen-bond donors (Lipinski definition) is 0. The summed E-state index contributed by atoms with van der Waals surface area (Å²) in [6.07, 6.45) is 0.110. The van der Waals surface area contributed by atoms with Gasteiger partial charge in [0.2, 0.25) is 11.8 Å². The molecule has 0 saturated carbocycles. The zero-order valence-electron chi connectivity index (χ0n) is 14.1. The number of pyridine rings is 1. The molecule has 0 atom stereocenters. The van der Waals surface area contributed by atoms with Crippen molar-refractivity contribution in [2.75, 3.05) is 0 Å². The SMILES string of the molecule is Cc1cccc2c(OCc3ccc(-c4nnc(C(F)F)o4)cn3)ncnc12. The summed E-state index contributed by atoms with van der Waals surface area (Å²) in [6.45, 7) is 2.16. The van der Waals surface area contributed by atoms with E-state index in [1.54, 1.807) is 12.1 Å². The van der Waals surface area contributed by atoms with E-state index in [1.165, 1.54) is 12.5 Å². The number of rotatable bonds is 5. The highest BCUT2D eigenvalue weighted by molar-refractivity contribution is 5.85. The fourth-order valence-electron chi connectivity index (χ4n) is 2.54. The van der Waals surface area contributed by atoms with Gasteiger partial charge in [-0.15, -0.1) is 10.2 Å². The molecule has 0 unspecified atom stereocenters. The van der Waals surface area contributed by atoms with E-state index < -0.39 is 12.3 Å². The third kappa shape index (κ3) is 3.43.